The third-order valence-electron chi connectivity index (χ3n) is 6.19. The van der Waals surface area contributed by atoms with Crippen molar-refractivity contribution in [2.45, 2.75) is 44.7 Å². The fourth-order valence-corrected chi connectivity index (χ4v) is 3.76. The number of nitrogens with two attached hydrogens (primary N) is 1. The van der Waals surface area contributed by atoms with Crippen molar-refractivity contribution in [2.24, 2.45) is 5.73 Å². The van der Waals surface area contributed by atoms with Gasteiger partial charge in [0.25, 0.3) is 0 Å². The Kier molecular flexibility index (Phi) is 8.84. The monoisotopic (exact) mass is 423 g/mol. The first-order valence-electron chi connectivity index (χ1n) is 10.9. The zero-order chi connectivity index (χ0) is 23.0. The minimum Gasteiger partial charge on any atom is -0.414 e. The molecule has 0 spiro atoms. The smallest absolute Gasteiger partial charge is 0.414 e. The number of ether oxygens (including phenoxy) is 1. The normalized spacial score (nSPS) is 14.3. The summed E-state index contributed by atoms with van der Waals surface area (Å²) >= 11 is 0. The zero-order valence-corrected chi connectivity index (χ0v) is 19.7. The predicted molar refractivity (Wildman–Crippen MR) is 128 cm³/mol. The third kappa shape index (κ3) is 5.54. The Labute approximate surface area is 187 Å². The summed E-state index contributed by atoms with van der Waals surface area (Å²) in [5.74, 6) is 0.625. The van der Waals surface area contributed by atoms with Gasteiger partial charge in [-0.25, -0.2) is 4.79 Å². The van der Waals surface area contributed by atoms with E-state index in [0.29, 0.717) is 12.3 Å². The van der Waals surface area contributed by atoms with Gasteiger partial charge in [-0.15, -0.1) is 0 Å². The first-order chi connectivity index (χ1) is 14.8. The van der Waals surface area contributed by atoms with E-state index >= 15 is 0 Å². The maximum absolute atomic E-state index is 13.0. The van der Waals surface area contributed by atoms with Gasteiger partial charge in [0.1, 0.15) is 5.76 Å². The van der Waals surface area contributed by atoms with Gasteiger partial charge in [0.05, 0.1) is 5.41 Å². The van der Waals surface area contributed by atoms with Crippen molar-refractivity contribution in [3.63, 3.8) is 0 Å². The molecule has 2 aromatic carbocycles. The fourth-order valence-electron chi connectivity index (χ4n) is 3.76. The molecule has 0 aliphatic heterocycles. The van der Waals surface area contributed by atoms with Crippen LogP contribution in [0.5, 0.6) is 0 Å². The maximum Gasteiger partial charge on any atom is 0.414 e. The first-order valence-corrected chi connectivity index (χ1v) is 10.9. The predicted octanol–water partition coefficient (Wildman–Crippen LogP) is 4.63. The summed E-state index contributed by atoms with van der Waals surface area (Å²) in [6.45, 7) is 6.40. The van der Waals surface area contributed by atoms with Crippen molar-refractivity contribution in [2.75, 3.05) is 27.7 Å². The van der Waals surface area contributed by atoms with Gasteiger partial charge in [0.2, 0.25) is 0 Å². The van der Waals surface area contributed by atoms with Crippen LogP contribution in [0.25, 0.3) is 0 Å². The van der Waals surface area contributed by atoms with Gasteiger partial charge in [-0.3, -0.25) is 0 Å². The van der Waals surface area contributed by atoms with Crippen molar-refractivity contribution >= 4 is 6.09 Å². The Morgan fingerprint density at radius 2 is 1.45 bits per heavy atom. The van der Waals surface area contributed by atoms with Crippen molar-refractivity contribution in [3.05, 3.63) is 83.6 Å². The highest BCUT2D eigenvalue weighted by Gasteiger charge is 2.42. The van der Waals surface area contributed by atoms with Gasteiger partial charge < -0.3 is 20.3 Å². The van der Waals surface area contributed by atoms with Crippen molar-refractivity contribution in [1.29, 1.82) is 0 Å². The molecule has 2 N–H and O–H groups in total. The lowest BCUT2D eigenvalue weighted by Crippen LogP contribution is -2.43. The number of amides is 1. The average molecular weight is 424 g/mol. The fraction of sp³-hybridized carbons (Fsp3) is 0.423. The van der Waals surface area contributed by atoms with Crippen LogP contribution < -0.4 is 5.73 Å². The highest BCUT2D eigenvalue weighted by atomic mass is 16.6. The lowest BCUT2D eigenvalue weighted by Gasteiger charge is -2.40. The molecule has 0 fully saturated rings. The van der Waals surface area contributed by atoms with Gasteiger partial charge in [0.15, 0.2) is 0 Å². The number of hydrogen-bond donors (Lipinski definition) is 1. The van der Waals surface area contributed by atoms with E-state index in [1.807, 2.05) is 56.3 Å². The van der Waals surface area contributed by atoms with E-state index in [2.05, 4.69) is 50.2 Å². The molecule has 2 rings (SSSR count). The second-order valence-corrected chi connectivity index (χ2v) is 8.37. The zero-order valence-electron chi connectivity index (χ0n) is 19.7. The van der Waals surface area contributed by atoms with E-state index in [9.17, 15) is 4.79 Å². The number of likely N-dealkylation sites (N-methyl/N-ethyl adjacent to an activating group) is 1. The molecule has 2 atom stereocenters. The molecule has 5 heteroatoms. The van der Waals surface area contributed by atoms with Gasteiger partial charge in [-0.2, -0.15) is 0 Å². The molecule has 2 unspecified atom stereocenters. The van der Waals surface area contributed by atoms with Gasteiger partial charge in [0, 0.05) is 25.7 Å². The average Bonchev–Trinajstić information content (AvgIpc) is 2.80. The van der Waals surface area contributed by atoms with Crippen molar-refractivity contribution in [1.82, 2.24) is 9.80 Å². The summed E-state index contributed by atoms with van der Waals surface area (Å²) in [5.41, 5.74) is 7.33. The standard InChI is InChI=1S/C26H37N3O2/c1-7-24(31-25(30)29(6)21(3)19-27)26(18-20(2)28(4)5,22-14-10-8-11-15-22)23-16-12-9-13-17-23/h7-17,20-21H,18-19,27H2,1-6H3/b24-7+. The van der Waals surface area contributed by atoms with Crippen LogP contribution in [0.1, 0.15) is 38.3 Å². The molecular formula is C26H37N3O2. The SMILES string of the molecule is C/C=C(/OC(=O)N(C)C(C)CN)C(CC(C)N(C)C)(c1ccccc1)c1ccccc1. The summed E-state index contributed by atoms with van der Waals surface area (Å²) in [4.78, 5) is 16.8. The molecule has 0 radical (unpaired) electrons. The van der Waals surface area contributed by atoms with E-state index in [4.69, 9.17) is 10.5 Å². The topological polar surface area (TPSA) is 58.8 Å². The van der Waals surface area contributed by atoms with E-state index < -0.39 is 11.5 Å². The Balaban J connectivity index is 2.67. The van der Waals surface area contributed by atoms with Crippen LogP contribution in [-0.2, 0) is 10.2 Å². The number of allylic oxidation sites excluding steroid dienone is 2. The van der Waals surface area contributed by atoms with Crippen molar-refractivity contribution < 1.29 is 9.53 Å². The summed E-state index contributed by atoms with van der Waals surface area (Å²) in [6, 6.07) is 20.7. The quantitative estimate of drug-likeness (QED) is 0.597. The second kappa shape index (κ2) is 11.1. The maximum atomic E-state index is 13.0. The number of carbonyl (C=O) groups excluding carboxylic acids is 1. The molecule has 0 bridgehead atoms. The minimum absolute atomic E-state index is 0.117. The molecule has 0 aromatic heterocycles. The lowest BCUT2D eigenvalue weighted by molar-refractivity contribution is 0.111. The first kappa shape index (κ1) is 24.6. The van der Waals surface area contributed by atoms with Crippen LogP contribution in [0.3, 0.4) is 0 Å². The molecule has 0 aliphatic carbocycles. The number of rotatable bonds is 9. The van der Waals surface area contributed by atoms with Gasteiger partial charge >= 0.3 is 6.09 Å². The molecule has 0 saturated carbocycles. The molecular weight excluding hydrogens is 386 g/mol. The van der Waals surface area contributed by atoms with E-state index in [0.717, 1.165) is 17.5 Å². The molecule has 0 aliphatic rings. The molecule has 168 valence electrons. The molecule has 0 saturated heterocycles. The number of nitrogens with zero attached hydrogens (tertiary/aromatic N) is 2. The summed E-state index contributed by atoms with van der Waals surface area (Å²) in [7, 11) is 5.87. The van der Waals surface area contributed by atoms with Crippen LogP contribution in [0.2, 0.25) is 0 Å². The summed E-state index contributed by atoms with van der Waals surface area (Å²) in [6.07, 6.45) is 2.26. The third-order valence-corrected chi connectivity index (χ3v) is 6.19. The van der Waals surface area contributed by atoms with Gasteiger partial charge in [-0.05, 0) is 58.5 Å². The van der Waals surface area contributed by atoms with Gasteiger partial charge in [-0.1, -0.05) is 60.7 Å². The number of hydrogen-bond acceptors (Lipinski definition) is 4. The van der Waals surface area contributed by atoms with E-state index in [-0.39, 0.29) is 12.1 Å². The highest BCUT2D eigenvalue weighted by Crippen LogP contribution is 2.44. The van der Waals surface area contributed by atoms with Crippen LogP contribution in [-0.4, -0.2) is 55.7 Å². The minimum atomic E-state index is -0.622. The van der Waals surface area contributed by atoms with Crippen LogP contribution in [0, 0.1) is 0 Å². The molecule has 0 heterocycles. The Morgan fingerprint density at radius 3 is 1.84 bits per heavy atom. The second-order valence-electron chi connectivity index (χ2n) is 8.37. The Morgan fingerprint density at radius 1 is 0.968 bits per heavy atom. The Bertz CT molecular complexity index is 810. The van der Waals surface area contributed by atoms with E-state index in [1.54, 1.807) is 11.9 Å². The molecule has 5 nitrogen and oxygen atoms in total. The summed E-state index contributed by atoms with van der Waals surface area (Å²) < 4.78 is 6.11. The molecule has 2 aromatic rings. The van der Waals surface area contributed by atoms with Crippen LogP contribution in [0.15, 0.2) is 72.5 Å². The van der Waals surface area contributed by atoms with Crippen molar-refractivity contribution in [3.8, 4) is 0 Å². The van der Waals surface area contributed by atoms with Crippen LogP contribution >= 0.6 is 0 Å². The highest BCUT2D eigenvalue weighted by molar-refractivity contribution is 5.70. The summed E-state index contributed by atoms with van der Waals surface area (Å²) in [5, 5.41) is 0. The van der Waals surface area contributed by atoms with Crippen LogP contribution in [0.4, 0.5) is 4.79 Å². The number of benzene rings is 2. The number of carbonyl (C=O) groups is 1. The van der Waals surface area contributed by atoms with E-state index in [1.165, 1.54) is 0 Å². The molecule has 1 amide bonds. The Hall–Kier alpha value is -2.63. The molecule has 31 heavy (non-hydrogen) atoms. The largest absolute Gasteiger partial charge is 0.414 e. The lowest BCUT2D eigenvalue weighted by atomic mass is 9.68.